The van der Waals surface area contributed by atoms with Gasteiger partial charge in [0.15, 0.2) is 0 Å². The average molecular weight is 261 g/mol. The van der Waals surface area contributed by atoms with Gasteiger partial charge in [-0.05, 0) is 31.4 Å². The van der Waals surface area contributed by atoms with Crippen molar-refractivity contribution in [2.75, 3.05) is 5.32 Å². The van der Waals surface area contributed by atoms with E-state index in [2.05, 4.69) is 17.5 Å². The Morgan fingerprint density at radius 1 is 1.42 bits per heavy atom. The molecule has 19 heavy (non-hydrogen) atoms. The molecule has 6 heteroatoms. The zero-order valence-corrected chi connectivity index (χ0v) is 10.3. The van der Waals surface area contributed by atoms with Gasteiger partial charge in [-0.3, -0.25) is 14.9 Å². The summed E-state index contributed by atoms with van der Waals surface area (Å²) in [6.07, 6.45) is 6.90. The van der Waals surface area contributed by atoms with Crippen molar-refractivity contribution in [2.24, 2.45) is 5.73 Å². The molecule has 3 N–H and O–H groups in total. The Kier molecular flexibility index (Phi) is 3.79. The summed E-state index contributed by atoms with van der Waals surface area (Å²) in [5.41, 5.74) is 5.57. The van der Waals surface area contributed by atoms with Crippen molar-refractivity contribution in [1.29, 1.82) is 0 Å². The molecule has 0 heterocycles. The first-order valence-electron chi connectivity index (χ1n) is 6.07. The summed E-state index contributed by atoms with van der Waals surface area (Å²) in [5, 5.41) is 14.2. The number of amides is 1. The summed E-state index contributed by atoms with van der Waals surface area (Å²) in [6.45, 7) is 0. The summed E-state index contributed by atoms with van der Waals surface area (Å²) in [5.74, 6) is -0.671. The first-order chi connectivity index (χ1) is 9.08. The predicted molar refractivity (Wildman–Crippen MR) is 72.0 cm³/mol. The fourth-order valence-electron chi connectivity index (χ4n) is 2.10. The van der Waals surface area contributed by atoms with Gasteiger partial charge in [-0.25, -0.2) is 0 Å². The van der Waals surface area contributed by atoms with E-state index in [1.54, 1.807) is 0 Å². The molecule has 0 saturated carbocycles. The number of anilines is 1. The highest BCUT2D eigenvalue weighted by Crippen LogP contribution is 2.28. The minimum absolute atomic E-state index is 0.120. The topological polar surface area (TPSA) is 98.3 Å². The Morgan fingerprint density at radius 2 is 2.21 bits per heavy atom. The molecule has 1 aromatic rings. The number of nitrogens with one attached hydrogen (secondary N) is 1. The maximum atomic E-state index is 11.0. The number of hydrogen-bond acceptors (Lipinski definition) is 4. The molecule has 0 saturated heterocycles. The molecular formula is C13H15N3O3. The van der Waals surface area contributed by atoms with Crippen LogP contribution in [0.15, 0.2) is 30.4 Å². The lowest BCUT2D eigenvalue weighted by atomic mass is 10.0. The van der Waals surface area contributed by atoms with Crippen LogP contribution in [0.25, 0.3) is 0 Å². The van der Waals surface area contributed by atoms with Crippen molar-refractivity contribution in [3.05, 3.63) is 46.0 Å². The molecule has 1 aliphatic carbocycles. The number of carbonyl (C=O) groups excluding carboxylic acids is 1. The van der Waals surface area contributed by atoms with E-state index in [4.69, 9.17) is 5.73 Å². The van der Waals surface area contributed by atoms with Crippen LogP contribution in [-0.4, -0.2) is 16.9 Å². The molecule has 6 nitrogen and oxygen atoms in total. The largest absolute Gasteiger partial charge is 0.376 e. The third kappa shape index (κ3) is 3.09. The van der Waals surface area contributed by atoms with Gasteiger partial charge in [0.25, 0.3) is 5.69 Å². The second-order valence-corrected chi connectivity index (χ2v) is 4.48. The van der Waals surface area contributed by atoms with Crippen molar-refractivity contribution in [1.82, 2.24) is 0 Å². The van der Waals surface area contributed by atoms with Crippen LogP contribution in [0.1, 0.15) is 29.6 Å². The molecule has 1 amide bonds. The highest BCUT2D eigenvalue weighted by Gasteiger charge is 2.19. The standard InChI is InChI=1S/C13H15N3O3/c14-13(17)9-6-7-11(12(8-9)16(18)19)15-10-4-2-1-3-5-10/h1-2,6-8,10,15H,3-5H2,(H2,14,17). The summed E-state index contributed by atoms with van der Waals surface area (Å²) < 4.78 is 0. The predicted octanol–water partition coefficient (Wildman–Crippen LogP) is 2.21. The normalized spacial score (nSPS) is 18.0. The maximum absolute atomic E-state index is 11.0. The molecule has 0 bridgehead atoms. The average Bonchev–Trinajstić information content (AvgIpc) is 2.39. The number of benzene rings is 1. The fraction of sp³-hybridized carbons (Fsp3) is 0.308. The zero-order valence-electron chi connectivity index (χ0n) is 10.3. The molecule has 1 aliphatic rings. The van der Waals surface area contributed by atoms with Crippen LogP contribution in [0.5, 0.6) is 0 Å². The van der Waals surface area contributed by atoms with Crippen molar-refractivity contribution in [3.63, 3.8) is 0 Å². The molecule has 0 aromatic heterocycles. The Labute approximate surface area is 110 Å². The van der Waals surface area contributed by atoms with E-state index in [1.165, 1.54) is 18.2 Å². The van der Waals surface area contributed by atoms with Crippen LogP contribution < -0.4 is 11.1 Å². The van der Waals surface area contributed by atoms with Gasteiger partial charge in [0, 0.05) is 17.7 Å². The van der Waals surface area contributed by atoms with Crippen molar-refractivity contribution < 1.29 is 9.72 Å². The molecule has 0 spiro atoms. The Hall–Kier alpha value is -2.37. The van der Waals surface area contributed by atoms with E-state index >= 15 is 0 Å². The smallest absolute Gasteiger partial charge is 0.293 e. The number of nitro groups is 1. The van der Waals surface area contributed by atoms with Crippen molar-refractivity contribution in [2.45, 2.75) is 25.3 Å². The van der Waals surface area contributed by atoms with E-state index in [-0.39, 0.29) is 17.3 Å². The second kappa shape index (κ2) is 5.51. The van der Waals surface area contributed by atoms with Crippen molar-refractivity contribution >= 4 is 17.3 Å². The summed E-state index contributed by atoms with van der Waals surface area (Å²) in [7, 11) is 0. The van der Waals surface area contributed by atoms with E-state index in [1.807, 2.05) is 0 Å². The molecule has 1 aromatic carbocycles. The number of allylic oxidation sites excluding steroid dienone is 1. The van der Waals surface area contributed by atoms with Crippen LogP contribution in [-0.2, 0) is 0 Å². The van der Waals surface area contributed by atoms with Gasteiger partial charge in [-0.15, -0.1) is 0 Å². The summed E-state index contributed by atoms with van der Waals surface area (Å²) >= 11 is 0. The number of nitrogens with two attached hydrogens (primary N) is 1. The van der Waals surface area contributed by atoms with E-state index < -0.39 is 10.8 Å². The molecule has 1 atom stereocenters. The lowest BCUT2D eigenvalue weighted by Gasteiger charge is -2.20. The highest BCUT2D eigenvalue weighted by atomic mass is 16.6. The Morgan fingerprint density at radius 3 is 2.79 bits per heavy atom. The van der Waals surface area contributed by atoms with Gasteiger partial charge in [0.2, 0.25) is 5.91 Å². The molecular weight excluding hydrogens is 246 g/mol. The number of carbonyl (C=O) groups is 1. The van der Waals surface area contributed by atoms with Crippen LogP contribution in [0, 0.1) is 10.1 Å². The second-order valence-electron chi connectivity index (χ2n) is 4.48. The zero-order chi connectivity index (χ0) is 13.8. The van der Waals surface area contributed by atoms with Gasteiger partial charge in [0.1, 0.15) is 5.69 Å². The quantitative estimate of drug-likeness (QED) is 0.493. The third-order valence-corrected chi connectivity index (χ3v) is 3.11. The number of nitrogens with zero attached hydrogens (tertiary/aromatic N) is 1. The Balaban J connectivity index is 2.26. The first-order valence-corrected chi connectivity index (χ1v) is 6.07. The van der Waals surface area contributed by atoms with E-state index in [9.17, 15) is 14.9 Å². The van der Waals surface area contributed by atoms with Crippen LogP contribution in [0.3, 0.4) is 0 Å². The lowest BCUT2D eigenvalue weighted by Crippen LogP contribution is -2.21. The molecule has 2 rings (SSSR count). The van der Waals surface area contributed by atoms with Crippen molar-refractivity contribution in [3.8, 4) is 0 Å². The number of rotatable bonds is 4. The minimum atomic E-state index is -0.671. The van der Waals surface area contributed by atoms with Crippen LogP contribution in [0.4, 0.5) is 11.4 Å². The number of hydrogen-bond donors (Lipinski definition) is 2. The van der Waals surface area contributed by atoms with E-state index in [0.717, 1.165) is 19.3 Å². The maximum Gasteiger partial charge on any atom is 0.293 e. The number of nitro benzene ring substituents is 1. The monoisotopic (exact) mass is 261 g/mol. The molecule has 100 valence electrons. The van der Waals surface area contributed by atoms with Gasteiger partial charge < -0.3 is 11.1 Å². The molecule has 1 unspecified atom stereocenters. The van der Waals surface area contributed by atoms with Gasteiger partial charge in [-0.1, -0.05) is 12.2 Å². The Bertz CT molecular complexity index is 540. The molecule has 0 radical (unpaired) electrons. The third-order valence-electron chi connectivity index (χ3n) is 3.11. The molecule has 0 aliphatic heterocycles. The number of primary amides is 1. The fourth-order valence-corrected chi connectivity index (χ4v) is 2.10. The van der Waals surface area contributed by atoms with Gasteiger partial charge in [-0.2, -0.15) is 0 Å². The van der Waals surface area contributed by atoms with Gasteiger partial charge >= 0.3 is 0 Å². The van der Waals surface area contributed by atoms with Gasteiger partial charge in [0.05, 0.1) is 4.92 Å². The summed E-state index contributed by atoms with van der Waals surface area (Å²) in [6, 6.07) is 4.43. The van der Waals surface area contributed by atoms with E-state index in [0.29, 0.717) is 5.69 Å². The van der Waals surface area contributed by atoms with Crippen LogP contribution >= 0.6 is 0 Å². The SMILES string of the molecule is NC(=O)c1ccc(NC2CC=CCC2)c([N+](=O)[O-])c1. The minimum Gasteiger partial charge on any atom is -0.376 e. The highest BCUT2D eigenvalue weighted by molar-refractivity contribution is 5.94. The summed E-state index contributed by atoms with van der Waals surface area (Å²) in [4.78, 5) is 21.6. The molecule has 0 fully saturated rings. The van der Waals surface area contributed by atoms with Crippen LogP contribution in [0.2, 0.25) is 0 Å². The lowest BCUT2D eigenvalue weighted by molar-refractivity contribution is -0.384. The first kappa shape index (κ1) is 13.1.